The zero-order chi connectivity index (χ0) is 16.0. The van der Waals surface area contributed by atoms with Crippen LogP contribution >= 0.6 is 0 Å². The van der Waals surface area contributed by atoms with E-state index in [1.165, 1.54) is 12.0 Å². The molecule has 20 heavy (non-hydrogen) atoms. The molecular formula is C14H24N2O4. The summed E-state index contributed by atoms with van der Waals surface area (Å²) in [5, 5.41) is 8.87. The molecule has 0 aromatic rings. The average molecular weight is 284 g/mol. The molecule has 0 radical (unpaired) electrons. The molecule has 0 fully saturated rings. The Kier molecular flexibility index (Phi) is 6.50. The fourth-order valence-electron chi connectivity index (χ4n) is 1.55. The largest absolute Gasteiger partial charge is 0.469 e. The van der Waals surface area contributed by atoms with Crippen molar-refractivity contribution in [2.75, 3.05) is 13.7 Å². The Morgan fingerprint density at radius 2 is 1.75 bits per heavy atom. The van der Waals surface area contributed by atoms with E-state index in [1.54, 1.807) is 34.6 Å². The lowest BCUT2D eigenvalue weighted by atomic mass is 9.99. The summed E-state index contributed by atoms with van der Waals surface area (Å²) in [6, 6.07) is 2.04. The van der Waals surface area contributed by atoms with Crippen LogP contribution in [0.15, 0.2) is 0 Å². The number of carbonyl (C=O) groups is 2. The molecule has 0 aliphatic heterocycles. The van der Waals surface area contributed by atoms with Crippen molar-refractivity contribution < 1.29 is 19.1 Å². The highest BCUT2D eigenvalue weighted by Gasteiger charge is 2.34. The molecule has 0 spiro atoms. The van der Waals surface area contributed by atoms with Crippen LogP contribution in [0.5, 0.6) is 0 Å². The van der Waals surface area contributed by atoms with Crippen LogP contribution in [0.3, 0.4) is 0 Å². The minimum atomic E-state index is -0.717. The van der Waals surface area contributed by atoms with Gasteiger partial charge in [0.1, 0.15) is 5.60 Å². The quantitative estimate of drug-likeness (QED) is 0.724. The van der Waals surface area contributed by atoms with Crippen LogP contribution in [-0.4, -0.2) is 41.8 Å². The van der Waals surface area contributed by atoms with Gasteiger partial charge in [0.25, 0.3) is 0 Å². The lowest BCUT2D eigenvalue weighted by Crippen LogP contribution is -2.50. The van der Waals surface area contributed by atoms with Crippen LogP contribution in [0.4, 0.5) is 4.79 Å². The van der Waals surface area contributed by atoms with E-state index in [9.17, 15) is 9.59 Å². The van der Waals surface area contributed by atoms with Gasteiger partial charge in [0.2, 0.25) is 0 Å². The Bertz CT molecular complexity index is 391. The Balaban J connectivity index is 5.01. The minimum Gasteiger partial charge on any atom is -0.469 e. The molecule has 0 bridgehead atoms. The van der Waals surface area contributed by atoms with Crippen LogP contribution in [0.2, 0.25) is 0 Å². The number of hydrogen-bond acceptors (Lipinski definition) is 5. The summed E-state index contributed by atoms with van der Waals surface area (Å²) in [6.07, 6.45) is -0.334. The average Bonchev–Trinajstić information content (AvgIpc) is 2.25. The van der Waals surface area contributed by atoms with Gasteiger partial charge in [-0.25, -0.2) is 4.79 Å². The van der Waals surface area contributed by atoms with Gasteiger partial charge in [-0.2, -0.15) is 5.26 Å². The second kappa shape index (κ2) is 7.13. The van der Waals surface area contributed by atoms with Gasteiger partial charge in [0, 0.05) is 6.54 Å². The summed E-state index contributed by atoms with van der Waals surface area (Å²) < 4.78 is 9.90. The van der Waals surface area contributed by atoms with Gasteiger partial charge in [0.05, 0.1) is 31.6 Å². The van der Waals surface area contributed by atoms with Gasteiger partial charge in [-0.3, -0.25) is 4.79 Å². The Morgan fingerprint density at radius 1 is 1.20 bits per heavy atom. The molecule has 114 valence electrons. The van der Waals surface area contributed by atoms with Crippen LogP contribution in [0, 0.1) is 11.3 Å². The molecule has 0 aliphatic rings. The van der Waals surface area contributed by atoms with Gasteiger partial charge >= 0.3 is 12.1 Å². The Labute approximate surface area is 120 Å². The highest BCUT2D eigenvalue weighted by Crippen LogP contribution is 2.22. The van der Waals surface area contributed by atoms with E-state index in [0.29, 0.717) is 0 Å². The van der Waals surface area contributed by atoms with Crippen molar-refractivity contribution in [3.8, 4) is 6.07 Å². The highest BCUT2D eigenvalue weighted by molar-refractivity contribution is 5.72. The first-order valence-corrected chi connectivity index (χ1v) is 6.48. The van der Waals surface area contributed by atoms with E-state index in [-0.39, 0.29) is 19.4 Å². The number of esters is 1. The number of ether oxygens (including phenoxy) is 2. The van der Waals surface area contributed by atoms with Crippen molar-refractivity contribution in [1.29, 1.82) is 5.26 Å². The number of hydrogen-bond donors (Lipinski definition) is 0. The van der Waals surface area contributed by atoms with Crippen LogP contribution in [-0.2, 0) is 14.3 Å². The fourth-order valence-corrected chi connectivity index (χ4v) is 1.55. The highest BCUT2D eigenvalue weighted by atomic mass is 16.6. The predicted octanol–water partition coefficient (Wildman–Crippen LogP) is 2.48. The molecule has 6 nitrogen and oxygen atoms in total. The lowest BCUT2D eigenvalue weighted by Gasteiger charge is -2.37. The van der Waals surface area contributed by atoms with Gasteiger partial charge in [-0.15, -0.1) is 0 Å². The number of carbonyl (C=O) groups excluding carboxylic acids is 2. The number of nitriles is 1. The van der Waals surface area contributed by atoms with Gasteiger partial charge in [0.15, 0.2) is 0 Å². The topological polar surface area (TPSA) is 79.6 Å². The molecule has 0 aliphatic carbocycles. The molecule has 0 rings (SSSR count). The van der Waals surface area contributed by atoms with E-state index >= 15 is 0 Å². The summed E-state index contributed by atoms with van der Waals surface area (Å²) in [4.78, 5) is 24.9. The maximum absolute atomic E-state index is 12.2. The molecule has 0 atom stereocenters. The normalized spacial score (nSPS) is 11.4. The summed E-state index contributed by atoms with van der Waals surface area (Å²) in [7, 11) is 1.29. The summed E-state index contributed by atoms with van der Waals surface area (Å²) in [6.45, 7) is 8.97. The molecule has 6 heteroatoms. The summed E-state index contributed by atoms with van der Waals surface area (Å²) >= 11 is 0. The third-order valence-electron chi connectivity index (χ3n) is 2.62. The second-order valence-corrected chi connectivity index (χ2v) is 6.11. The van der Waals surface area contributed by atoms with Crippen LogP contribution in [0.25, 0.3) is 0 Å². The van der Waals surface area contributed by atoms with Crippen molar-refractivity contribution >= 4 is 12.1 Å². The van der Waals surface area contributed by atoms with E-state index in [0.717, 1.165) is 0 Å². The smallest absolute Gasteiger partial charge is 0.410 e. The van der Waals surface area contributed by atoms with E-state index in [4.69, 9.17) is 10.00 Å². The van der Waals surface area contributed by atoms with Crippen molar-refractivity contribution in [3.63, 3.8) is 0 Å². The van der Waals surface area contributed by atoms with Crippen molar-refractivity contribution in [2.45, 2.75) is 58.6 Å². The molecule has 0 unspecified atom stereocenters. The second-order valence-electron chi connectivity index (χ2n) is 6.11. The monoisotopic (exact) mass is 284 g/mol. The fraction of sp³-hybridized carbons (Fsp3) is 0.786. The molecule has 0 aromatic carbocycles. The summed E-state index contributed by atoms with van der Waals surface area (Å²) in [5.74, 6) is -0.411. The molecule has 0 saturated heterocycles. The molecule has 0 saturated carbocycles. The van der Waals surface area contributed by atoms with Crippen LogP contribution < -0.4 is 0 Å². The first-order valence-electron chi connectivity index (χ1n) is 6.48. The zero-order valence-electron chi connectivity index (χ0n) is 13.1. The standard InChI is InChI=1S/C14H24N2O4/c1-13(2,3)20-12(18)16(10-7-11(17)19-6)14(4,5)8-9-15/h7-8,10H2,1-6H3. The maximum atomic E-state index is 12.2. The molecule has 0 N–H and O–H groups in total. The molecular weight excluding hydrogens is 260 g/mol. The lowest BCUT2D eigenvalue weighted by molar-refractivity contribution is -0.141. The van der Waals surface area contributed by atoms with E-state index < -0.39 is 23.2 Å². The number of amides is 1. The molecule has 0 heterocycles. The van der Waals surface area contributed by atoms with Gasteiger partial charge in [-0.05, 0) is 34.6 Å². The van der Waals surface area contributed by atoms with E-state index in [2.05, 4.69) is 4.74 Å². The van der Waals surface area contributed by atoms with Gasteiger partial charge in [-0.1, -0.05) is 0 Å². The van der Waals surface area contributed by atoms with Crippen molar-refractivity contribution in [2.24, 2.45) is 0 Å². The Hall–Kier alpha value is -1.77. The first kappa shape index (κ1) is 18.2. The first-order chi connectivity index (χ1) is 9.03. The predicted molar refractivity (Wildman–Crippen MR) is 73.9 cm³/mol. The van der Waals surface area contributed by atoms with E-state index in [1.807, 2.05) is 6.07 Å². The van der Waals surface area contributed by atoms with Crippen molar-refractivity contribution in [1.82, 2.24) is 4.90 Å². The van der Waals surface area contributed by atoms with Gasteiger partial charge < -0.3 is 14.4 Å². The molecule has 0 aromatic heterocycles. The number of methoxy groups -OCH3 is 1. The van der Waals surface area contributed by atoms with Crippen LogP contribution in [0.1, 0.15) is 47.5 Å². The third-order valence-corrected chi connectivity index (χ3v) is 2.62. The SMILES string of the molecule is COC(=O)CCN(C(=O)OC(C)(C)C)C(C)(C)CC#N. The Morgan fingerprint density at radius 3 is 2.15 bits per heavy atom. The van der Waals surface area contributed by atoms with Crippen molar-refractivity contribution in [3.05, 3.63) is 0 Å². The zero-order valence-corrected chi connectivity index (χ0v) is 13.1. The third kappa shape index (κ3) is 6.41. The minimum absolute atomic E-state index is 0.0601. The molecule has 1 amide bonds. The number of rotatable bonds is 5. The number of nitrogens with zero attached hydrogens (tertiary/aromatic N) is 2. The summed E-state index contributed by atoms with van der Waals surface area (Å²) in [5.41, 5.74) is -1.35. The maximum Gasteiger partial charge on any atom is 0.410 e.